The summed E-state index contributed by atoms with van der Waals surface area (Å²) >= 11 is 0. The van der Waals surface area contributed by atoms with E-state index in [0.29, 0.717) is 29.5 Å². The average Bonchev–Trinajstić information content (AvgIpc) is 3.47. The Morgan fingerprint density at radius 2 is 1.56 bits per heavy atom. The van der Waals surface area contributed by atoms with Crippen molar-refractivity contribution < 1.29 is 28.5 Å². The van der Waals surface area contributed by atoms with Crippen molar-refractivity contribution in [1.82, 2.24) is 4.90 Å². The first-order valence-electron chi connectivity index (χ1n) is 10.5. The first kappa shape index (κ1) is 18.9. The van der Waals surface area contributed by atoms with E-state index in [-0.39, 0.29) is 25.5 Å². The standard InChI is InChI=1S/C25H21NO6/c1-15-4-2-3-5-18(15)32-24-23(17-7-9-20-22(11-17)31-14-29-20)26(25(24)27)12-16-6-8-19-21(10-16)30-13-28-19/h2-11,23-24H,12-14H2,1H3/t23-,24+/m0/s1. The van der Waals surface area contributed by atoms with Gasteiger partial charge in [-0.25, -0.2) is 0 Å². The van der Waals surface area contributed by atoms with Crippen molar-refractivity contribution in [2.75, 3.05) is 13.6 Å². The van der Waals surface area contributed by atoms with E-state index in [9.17, 15) is 4.79 Å². The van der Waals surface area contributed by atoms with Crippen molar-refractivity contribution in [2.24, 2.45) is 0 Å². The molecule has 1 amide bonds. The van der Waals surface area contributed by atoms with E-state index >= 15 is 0 Å². The van der Waals surface area contributed by atoms with Crippen LogP contribution in [0, 0.1) is 6.92 Å². The number of likely N-dealkylation sites (tertiary alicyclic amines) is 1. The molecule has 0 bridgehead atoms. The summed E-state index contributed by atoms with van der Waals surface area (Å²) in [6.07, 6.45) is -0.620. The van der Waals surface area contributed by atoms with Crippen LogP contribution in [0.15, 0.2) is 60.7 Å². The van der Waals surface area contributed by atoms with Crippen molar-refractivity contribution in [3.05, 3.63) is 77.4 Å². The van der Waals surface area contributed by atoms with E-state index in [0.717, 1.165) is 22.4 Å². The molecule has 1 saturated heterocycles. The summed E-state index contributed by atoms with van der Waals surface area (Å²) in [7, 11) is 0. The molecule has 7 heteroatoms. The Labute approximate surface area is 185 Å². The zero-order valence-corrected chi connectivity index (χ0v) is 17.4. The summed E-state index contributed by atoms with van der Waals surface area (Å²) in [4.78, 5) is 15.0. The number of ether oxygens (including phenoxy) is 5. The second kappa shape index (κ2) is 7.37. The molecular formula is C25H21NO6. The lowest BCUT2D eigenvalue weighted by Gasteiger charge is -2.47. The Hall–Kier alpha value is -3.87. The van der Waals surface area contributed by atoms with Crippen LogP contribution in [-0.4, -0.2) is 30.5 Å². The van der Waals surface area contributed by atoms with E-state index in [4.69, 9.17) is 23.7 Å². The van der Waals surface area contributed by atoms with Gasteiger partial charge in [0.1, 0.15) is 11.8 Å². The van der Waals surface area contributed by atoms with E-state index in [1.165, 1.54) is 0 Å². The van der Waals surface area contributed by atoms with Crippen LogP contribution in [0.5, 0.6) is 28.7 Å². The molecule has 2 atom stereocenters. The monoisotopic (exact) mass is 431 g/mol. The maximum Gasteiger partial charge on any atom is 0.267 e. The van der Waals surface area contributed by atoms with Gasteiger partial charge < -0.3 is 28.6 Å². The van der Waals surface area contributed by atoms with Gasteiger partial charge in [-0.2, -0.15) is 0 Å². The van der Waals surface area contributed by atoms with Gasteiger partial charge >= 0.3 is 0 Å². The molecule has 3 aliphatic heterocycles. The topological polar surface area (TPSA) is 66.5 Å². The van der Waals surface area contributed by atoms with Crippen LogP contribution >= 0.6 is 0 Å². The van der Waals surface area contributed by atoms with Crippen LogP contribution in [0.3, 0.4) is 0 Å². The first-order valence-corrected chi connectivity index (χ1v) is 10.5. The lowest BCUT2D eigenvalue weighted by Crippen LogP contribution is -2.60. The number of carbonyl (C=O) groups excluding carboxylic acids is 1. The Balaban J connectivity index is 1.32. The molecule has 162 valence electrons. The molecule has 3 aromatic carbocycles. The minimum Gasteiger partial charge on any atom is -0.478 e. The Morgan fingerprint density at radius 1 is 0.875 bits per heavy atom. The molecule has 0 aromatic heterocycles. The summed E-state index contributed by atoms with van der Waals surface area (Å²) in [6.45, 7) is 2.82. The second-order valence-electron chi connectivity index (χ2n) is 8.02. The molecule has 0 saturated carbocycles. The molecule has 0 unspecified atom stereocenters. The number of amides is 1. The average molecular weight is 431 g/mol. The van der Waals surface area contributed by atoms with Crippen molar-refractivity contribution in [3.63, 3.8) is 0 Å². The van der Waals surface area contributed by atoms with Gasteiger partial charge in [0.2, 0.25) is 19.7 Å². The zero-order chi connectivity index (χ0) is 21.7. The predicted octanol–water partition coefficient (Wildman–Crippen LogP) is 3.98. The molecule has 1 fully saturated rings. The summed E-state index contributed by atoms with van der Waals surface area (Å²) in [6, 6.07) is 19.0. The number of para-hydroxylation sites is 1. The summed E-state index contributed by atoms with van der Waals surface area (Å²) in [5.41, 5.74) is 2.88. The minimum absolute atomic E-state index is 0.0615. The zero-order valence-electron chi connectivity index (χ0n) is 17.4. The van der Waals surface area contributed by atoms with Gasteiger partial charge in [-0.3, -0.25) is 4.79 Å². The molecule has 3 aliphatic rings. The van der Waals surface area contributed by atoms with Gasteiger partial charge in [-0.05, 0) is 53.9 Å². The number of fused-ring (bicyclic) bond motifs is 2. The highest BCUT2D eigenvalue weighted by molar-refractivity contribution is 5.89. The molecule has 3 aromatic rings. The second-order valence-corrected chi connectivity index (χ2v) is 8.02. The summed E-state index contributed by atoms with van der Waals surface area (Å²) in [5.74, 6) is 3.45. The van der Waals surface area contributed by atoms with Crippen molar-refractivity contribution >= 4 is 5.91 Å². The van der Waals surface area contributed by atoms with Gasteiger partial charge in [0, 0.05) is 6.54 Å². The van der Waals surface area contributed by atoms with Gasteiger partial charge in [0.15, 0.2) is 23.0 Å². The highest BCUT2D eigenvalue weighted by atomic mass is 16.7. The van der Waals surface area contributed by atoms with E-state index < -0.39 is 6.10 Å². The minimum atomic E-state index is -0.620. The third-order valence-electron chi connectivity index (χ3n) is 6.02. The van der Waals surface area contributed by atoms with Crippen LogP contribution in [-0.2, 0) is 11.3 Å². The fraction of sp³-hybridized carbons (Fsp3) is 0.240. The number of nitrogens with zero attached hydrogens (tertiary/aromatic N) is 1. The number of β-lactam (4-membered cyclic amide) rings is 1. The van der Waals surface area contributed by atoms with Crippen molar-refractivity contribution in [3.8, 4) is 28.7 Å². The third-order valence-corrected chi connectivity index (χ3v) is 6.02. The van der Waals surface area contributed by atoms with Crippen LogP contribution < -0.4 is 23.7 Å². The Morgan fingerprint density at radius 3 is 2.34 bits per heavy atom. The fourth-order valence-electron chi connectivity index (χ4n) is 4.32. The van der Waals surface area contributed by atoms with Gasteiger partial charge in [-0.15, -0.1) is 0 Å². The maximum absolute atomic E-state index is 13.2. The number of carbonyl (C=O) groups is 1. The fourth-order valence-corrected chi connectivity index (χ4v) is 4.32. The normalized spacial score (nSPS) is 20.3. The lowest BCUT2D eigenvalue weighted by molar-refractivity contribution is -0.165. The molecule has 6 rings (SSSR count). The van der Waals surface area contributed by atoms with E-state index in [1.807, 2.05) is 72.5 Å². The molecule has 7 nitrogen and oxygen atoms in total. The molecular weight excluding hydrogens is 410 g/mol. The number of rotatable bonds is 5. The number of benzene rings is 3. The van der Waals surface area contributed by atoms with Gasteiger partial charge in [0.25, 0.3) is 5.91 Å². The quantitative estimate of drug-likeness (QED) is 0.570. The number of hydrogen-bond donors (Lipinski definition) is 0. The highest BCUT2D eigenvalue weighted by Gasteiger charge is 2.50. The van der Waals surface area contributed by atoms with Crippen molar-refractivity contribution in [1.29, 1.82) is 0 Å². The van der Waals surface area contributed by atoms with Gasteiger partial charge in [-0.1, -0.05) is 30.3 Å². The molecule has 0 spiro atoms. The molecule has 32 heavy (non-hydrogen) atoms. The number of hydrogen-bond acceptors (Lipinski definition) is 6. The van der Waals surface area contributed by atoms with Crippen LogP contribution in [0.4, 0.5) is 0 Å². The van der Waals surface area contributed by atoms with Crippen LogP contribution in [0.1, 0.15) is 22.7 Å². The summed E-state index contributed by atoms with van der Waals surface area (Å²) < 4.78 is 28.1. The Bertz CT molecular complexity index is 1210. The first-order chi connectivity index (χ1) is 15.7. The molecule has 0 radical (unpaired) electrons. The Kier molecular flexibility index (Phi) is 4.35. The third kappa shape index (κ3) is 3.09. The molecule has 0 aliphatic carbocycles. The van der Waals surface area contributed by atoms with Gasteiger partial charge in [0.05, 0.1) is 0 Å². The SMILES string of the molecule is Cc1ccccc1O[C@H]1C(=O)N(Cc2ccc3c(c2)OCO3)[C@H]1c1ccc2c(c1)OCO2. The predicted molar refractivity (Wildman–Crippen MR) is 114 cm³/mol. The van der Waals surface area contributed by atoms with E-state index in [2.05, 4.69) is 0 Å². The highest BCUT2D eigenvalue weighted by Crippen LogP contribution is 2.43. The summed E-state index contributed by atoms with van der Waals surface area (Å²) in [5, 5.41) is 0. The smallest absolute Gasteiger partial charge is 0.267 e. The van der Waals surface area contributed by atoms with Crippen LogP contribution in [0.25, 0.3) is 0 Å². The largest absolute Gasteiger partial charge is 0.478 e. The molecule has 3 heterocycles. The van der Waals surface area contributed by atoms with Crippen LogP contribution in [0.2, 0.25) is 0 Å². The molecule has 0 N–H and O–H groups in total. The maximum atomic E-state index is 13.2. The van der Waals surface area contributed by atoms with Crippen molar-refractivity contribution in [2.45, 2.75) is 25.6 Å². The van der Waals surface area contributed by atoms with E-state index in [1.54, 1.807) is 0 Å². The lowest BCUT2D eigenvalue weighted by atomic mass is 9.89. The number of aryl methyl sites for hydroxylation is 1.